The van der Waals surface area contributed by atoms with E-state index in [0.717, 1.165) is 30.4 Å². The third-order valence-corrected chi connectivity index (χ3v) is 7.22. The van der Waals surface area contributed by atoms with Crippen LogP contribution in [0.4, 0.5) is 0 Å². The molecule has 3 rings (SSSR count). The number of hydrogen-bond acceptors (Lipinski definition) is 3. The molecule has 6 heteroatoms. The van der Waals surface area contributed by atoms with E-state index in [1.54, 1.807) is 12.1 Å². The van der Waals surface area contributed by atoms with Crippen LogP contribution >= 0.6 is 0 Å². The molecule has 0 saturated heterocycles. The molecule has 130 valence electrons. The molecule has 2 aliphatic carbocycles. The Morgan fingerprint density at radius 2 is 1.88 bits per heavy atom. The second kappa shape index (κ2) is 5.43. The molecule has 2 aliphatic rings. The van der Waals surface area contributed by atoms with Crippen LogP contribution in [-0.2, 0) is 14.8 Å². The van der Waals surface area contributed by atoms with Gasteiger partial charge in [0.15, 0.2) is 0 Å². The largest absolute Gasteiger partial charge is 0.277 e. The smallest absolute Gasteiger partial charge is 0.257 e. The number of nitrogens with one attached hydrogen (secondary N) is 2. The standard InChI is InChI=1S/C18H24N2O3S/c1-12-5-7-15(8-6-12)24(22,23)20-19-16(21)18-10-9-14(11-18)17(3,4)13(18)2/h5-8,14,20H,2,9-11H2,1,3-4H3,(H,19,21). The highest BCUT2D eigenvalue weighted by atomic mass is 32.2. The number of hydrazine groups is 1. The minimum Gasteiger partial charge on any atom is -0.277 e. The lowest BCUT2D eigenvalue weighted by atomic mass is 9.68. The molecule has 2 unspecified atom stereocenters. The number of hydrogen-bond donors (Lipinski definition) is 2. The van der Waals surface area contributed by atoms with Gasteiger partial charge >= 0.3 is 0 Å². The average molecular weight is 348 g/mol. The first-order valence-corrected chi connectivity index (χ1v) is 9.67. The lowest BCUT2D eigenvalue weighted by Gasteiger charge is -2.37. The van der Waals surface area contributed by atoms with Crippen molar-refractivity contribution in [3.8, 4) is 0 Å². The predicted molar refractivity (Wildman–Crippen MR) is 92.3 cm³/mol. The Morgan fingerprint density at radius 1 is 1.25 bits per heavy atom. The zero-order chi connectivity index (χ0) is 17.8. The van der Waals surface area contributed by atoms with Gasteiger partial charge in [0.1, 0.15) is 0 Å². The van der Waals surface area contributed by atoms with Crippen LogP contribution in [0, 0.1) is 23.7 Å². The van der Waals surface area contributed by atoms with Crippen molar-refractivity contribution in [3.05, 3.63) is 42.0 Å². The molecule has 1 aromatic carbocycles. The van der Waals surface area contributed by atoms with E-state index in [9.17, 15) is 13.2 Å². The quantitative estimate of drug-likeness (QED) is 0.649. The van der Waals surface area contributed by atoms with Crippen molar-refractivity contribution in [1.29, 1.82) is 0 Å². The summed E-state index contributed by atoms with van der Waals surface area (Å²) in [5, 5.41) is 0. The first-order chi connectivity index (χ1) is 11.1. The molecule has 2 N–H and O–H groups in total. The number of fused-ring (bicyclic) bond motifs is 2. The van der Waals surface area contributed by atoms with Gasteiger partial charge in [0.25, 0.3) is 10.0 Å². The van der Waals surface area contributed by atoms with E-state index in [2.05, 4.69) is 30.7 Å². The molecule has 0 heterocycles. The maximum Gasteiger partial charge on any atom is 0.257 e. The van der Waals surface area contributed by atoms with E-state index in [1.807, 2.05) is 6.92 Å². The summed E-state index contributed by atoms with van der Waals surface area (Å²) in [4.78, 5) is 15.1. The van der Waals surface area contributed by atoms with Crippen LogP contribution in [-0.4, -0.2) is 14.3 Å². The van der Waals surface area contributed by atoms with Gasteiger partial charge < -0.3 is 0 Å². The number of aryl methyl sites for hydroxylation is 1. The summed E-state index contributed by atoms with van der Waals surface area (Å²) in [6, 6.07) is 6.48. The van der Waals surface area contributed by atoms with Gasteiger partial charge in [-0.05, 0) is 49.7 Å². The minimum atomic E-state index is -3.78. The maximum atomic E-state index is 12.8. The van der Waals surface area contributed by atoms with Gasteiger partial charge in [-0.3, -0.25) is 10.2 Å². The fourth-order valence-electron chi connectivity index (χ4n) is 4.15. The van der Waals surface area contributed by atoms with Crippen molar-refractivity contribution in [2.45, 2.75) is 44.9 Å². The molecule has 1 aromatic rings. The van der Waals surface area contributed by atoms with Gasteiger partial charge in [0, 0.05) is 0 Å². The third-order valence-electron chi connectivity index (χ3n) is 5.96. The number of rotatable bonds is 4. The van der Waals surface area contributed by atoms with E-state index in [4.69, 9.17) is 0 Å². The number of sulfonamides is 1. The van der Waals surface area contributed by atoms with Crippen LogP contribution in [0.2, 0.25) is 0 Å². The highest BCUT2D eigenvalue weighted by molar-refractivity contribution is 7.89. The minimum absolute atomic E-state index is 0.0780. The van der Waals surface area contributed by atoms with E-state index in [-0.39, 0.29) is 16.2 Å². The Bertz CT molecular complexity index is 796. The van der Waals surface area contributed by atoms with Gasteiger partial charge in [0.2, 0.25) is 5.91 Å². The Balaban J connectivity index is 1.74. The fraction of sp³-hybridized carbons (Fsp3) is 0.500. The lowest BCUT2D eigenvalue weighted by Crippen LogP contribution is -2.49. The van der Waals surface area contributed by atoms with Crippen LogP contribution in [0.5, 0.6) is 0 Å². The van der Waals surface area contributed by atoms with Crippen molar-refractivity contribution < 1.29 is 13.2 Å². The second-order valence-corrected chi connectivity index (χ2v) is 9.28. The molecule has 5 nitrogen and oxygen atoms in total. The summed E-state index contributed by atoms with van der Waals surface area (Å²) in [7, 11) is -3.78. The van der Waals surface area contributed by atoms with Crippen LogP contribution in [0.15, 0.2) is 41.3 Å². The van der Waals surface area contributed by atoms with Crippen LogP contribution in [0.1, 0.15) is 38.7 Å². The predicted octanol–water partition coefficient (Wildman–Crippen LogP) is 2.69. The number of benzene rings is 1. The van der Waals surface area contributed by atoms with E-state index >= 15 is 0 Å². The summed E-state index contributed by atoms with van der Waals surface area (Å²) < 4.78 is 24.7. The highest BCUT2D eigenvalue weighted by Crippen LogP contribution is 2.65. The molecular weight excluding hydrogens is 324 g/mol. The zero-order valence-corrected chi connectivity index (χ0v) is 15.2. The van der Waals surface area contributed by atoms with Gasteiger partial charge in [0.05, 0.1) is 10.3 Å². The molecule has 0 aliphatic heterocycles. The topological polar surface area (TPSA) is 75.3 Å². The van der Waals surface area contributed by atoms with Crippen LogP contribution in [0.3, 0.4) is 0 Å². The van der Waals surface area contributed by atoms with Crippen LogP contribution in [0.25, 0.3) is 0 Å². The zero-order valence-electron chi connectivity index (χ0n) is 14.3. The molecule has 2 atom stereocenters. The van der Waals surface area contributed by atoms with Crippen molar-refractivity contribution in [3.63, 3.8) is 0 Å². The second-order valence-electron chi connectivity index (χ2n) is 7.59. The molecular formula is C18H24N2O3S. The summed E-state index contributed by atoms with van der Waals surface area (Å²) in [6.07, 6.45) is 2.46. The summed E-state index contributed by atoms with van der Waals surface area (Å²) in [6.45, 7) is 10.3. The van der Waals surface area contributed by atoms with Gasteiger partial charge in [-0.15, -0.1) is 4.83 Å². The Morgan fingerprint density at radius 3 is 2.42 bits per heavy atom. The first kappa shape index (κ1) is 17.2. The molecule has 24 heavy (non-hydrogen) atoms. The van der Waals surface area contributed by atoms with Crippen molar-refractivity contribution in [2.75, 3.05) is 0 Å². The maximum absolute atomic E-state index is 12.8. The van der Waals surface area contributed by atoms with E-state index in [1.165, 1.54) is 12.1 Å². The Hall–Kier alpha value is -1.66. The van der Waals surface area contributed by atoms with Crippen molar-refractivity contribution in [1.82, 2.24) is 10.3 Å². The molecule has 2 bridgehead atoms. The molecule has 0 radical (unpaired) electrons. The third kappa shape index (κ3) is 2.48. The molecule has 2 fully saturated rings. The van der Waals surface area contributed by atoms with Crippen LogP contribution < -0.4 is 10.3 Å². The van der Waals surface area contributed by atoms with Gasteiger partial charge in [-0.25, -0.2) is 8.42 Å². The Kier molecular flexibility index (Phi) is 3.88. The monoisotopic (exact) mass is 348 g/mol. The first-order valence-electron chi connectivity index (χ1n) is 8.18. The normalized spacial score (nSPS) is 28.1. The SMILES string of the molecule is C=C1C2(C(=O)NNS(=O)(=O)c3ccc(C)cc3)CCC(C2)C1(C)C. The summed E-state index contributed by atoms with van der Waals surface area (Å²) in [5.74, 6) is 0.140. The van der Waals surface area contributed by atoms with Gasteiger partial charge in [-0.2, -0.15) is 0 Å². The van der Waals surface area contributed by atoms with Crippen molar-refractivity contribution >= 4 is 15.9 Å². The average Bonchev–Trinajstić information content (AvgIpc) is 3.05. The molecule has 2 saturated carbocycles. The Labute approximate surface area is 143 Å². The lowest BCUT2D eigenvalue weighted by molar-refractivity contribution is -0.129. The molecule has 0 aromatic heterocycles. The van der Waals surface area contributed by atoms with E-state index < -0.39 is 15.4 Å². The highest BCUT2D eigenvalue weighted by Gasteiger charge is 2.61. The number of carbonyl (C=O) groups excluding carboxylic acids is 1. The molecule has 0 spiro atoms. The van der Waals surface area contributed by atoms with Gasteiger partial charge in [-0.1, -0.05) is 43.7 Å². The van der Waals surface area contributed by atoms with E-state index in [0.29, 0.717) is 5.92 Å². The number of amides is 1. The molecule has 1 amide bonds. The summed E-state index contributed by atoms with van der Waals surface area (Å²) >= 11 is 0. The fourth-order valence-corrected chi connectivity index (χ4v) is 4.99. The summed E-state index contributed by atoms with van der Waals surface area (Å²) in [5.41, 5.74) is 3.59. The number of carbonyl (C=O) groups is 1. The van der Waals surface area contributed by atoms with Crippen molar-refractivity contribution in [2.24, 2.45) is 16.7 Å².